The van der Waals surface area contributed by atoms with Gasteiger partial charge in [0.1, 0.15) is 0 Å². The van der Waals surface area contributed by atoms with Gasteiger partial charge in [0, 0.05) is 0 Å². The second kappa shape index (κ2) is 16.4. The van der Waals surface area contributed by atoms with Crippen molar-refractivity contribution >= 4 is 40.0 Å². The fourth-order valence-electron chi connectivity index (χ4n) is 0. The summed E-state index contributed by atoms with van der Waals surface area (Å²) in [5.74, 6) is 0. The second-order valence-electron chi connectivity index (χ2n) is 0.448. The molecule has 0 aliphatic heterocycles. The van der Waals surface area contributed by atoms with Crippen molar-refractivity contribution in [2.45, 2.75) is 0 Å². The van der Waals surface area contributed by atoms with E-state index in [0.29, 0.717) is 0 Å². The van der Waals surface area contributed by atoms with E-state index < -0.39 is 10.4 Å². The second-order valence-corrected chi connectivity index (χ2v) is 1.34. The van der Waals surface area contributed by atoms with E-state index in [4.69, 9.17) is 28.0 Å². The Morgan fingerprint density at radius 2 is 0.900 bits per heavy atom. The fourth-order valence-corrected chi connectivity index (χ4v) is 0. The molecule has 0 aromatic heterocycles. The predicted octanol–water partition coefficient (Wildman–Crippen LogP) is -2.93. The average Bonchev–Trinajstić information content (AvgIpc) is 1.36. The topological polar surface area (TPSA) is 178 Å². The third kappa shape index (κ3) is 1030. The molecule has 0 bridgehead atoms. The van der Waals surface area contributed by atoms with Gasteiger partial charge in [-0.15, -0.1) is 0 Å². The van der Waals surface area contributed by atoms with Crippen LogP contribution >= 0.6 is 0 Å². The minimum atomic E-state index is -4.67. The maximum absolute atomic E-state index is 8.74. The molecule has 8 nitrogen and oxygen atoms in total. The summed E-state index contributed by atoms with van der Waals surface area (Å²) in [7, 11) is -4.67. The van der Waals surface area contributed by atoms with Crippen molar-refractivity contribution in [2.24, 2.45) is 0 Å². The molecule has 0 saturated carbocycles. The van der Waals surface area contributed by atoms with E-state index in [2.05, 4.69) is 0 Å². The molecule has 0 saturated heterocycles. The van der Waals surface area contributed by atoms with Crippen LogP contribution in [0, 0.1) is 0 Å². The molecule has 10 heavy (non-hydrogen) atoms. The summed E-state index contributed by atoms with van der Waals surface area (Å²) < 4.78 is 31.6. The fraction of sp³-hybridized carbons (Fsp3) is 0. The predicted molar refractivity (Wildman–Crippen MR) is 33.8 cm³/mol. The Bertz CT molecular complexity index is 92.4. The summed E-state index contributed by atoms with van der Waals surface area (Å²) in [4.78, 5) is 0. The third-order valence-corrected chi connectivity index (χ3v) is 0. The molecule has 64 valence electrons. The maximum atomic E-state index is 8.74. The van der Waals surface area contributed by atoms with Crippen LogP contribution in [0.25, 0.3) is 0 Å². The van der Waals surface area contributed by atoms with Gasteiger partial charge in [0.05, 0.1) is 0 Å². The zero-order valence-electron chi connectivity index (χ0n) is 4.01. The molecule has 0 spiro atoms. The quantitative estimate of drug-likeness (QED) is 0.138. The Labute approximate surface area is 78.9 Å². The molecule has 0 heterocycles. The summed E-state index contributed by atoms with van der Waals surface area (Å²) in [5, 5.41) is 12.0. The van der Waals surface area contributed by atoms with Crippen LogP contribution in [0.2, 0.25) is 0 Å². The van der Waals surface area contributed by atoms with Crippen molar-refractivity contribution < 1.29 is 39.0 Å². The van der Waals surface area contributed by atoms with Gasteiger partial charge in [0.15, 0.2) is 0 Å². The first-order valence-corrected chi connectivity index (χ1v) is 2.30. The van der Waals surface area contributed by atoms with Crippen molar-refractivity contribution in [3.8, 4) is 0 Å². The van der Waals surface area contributed by atoms with Crippen molar-refractivity contribution in [1.29, 1.82) is 0 Å². The SMILES string of the molecule is O.O.O=S(=O)(O)O.OO.[NaH]. The van der Waals surface area contributed by atoms with Gasteiger partial charge in [-0.3, -0.25) is 19.6 Å². The van der Waals surface area contributed by atoms with Crippen LogP contribution in [-0.2, 0) is 10.4 Å². The van der Waals surface area contributed by atoms with Crippen molar-refractivity contribution in [3.05, 3.63) is 0 Å². The Morgan fingerprint density at radius 3 is 0.900 bits per heavy atom. The molecule has 0 radical (unpaired) electrons. The van der Waals surface area contributed by atoms with E-state index in [0.717, 1.165) is 0 Å². The standard InChI is InChI=1S/Na.H2O4S.H2O2.2H2O.H/c;1-5(2,3)4;1-2;;;/h;(H2,1,2,3,4);1-2H;2*1H2;. The van der Waals surface area contributed by atoms with Gasteiger partial charge in [-0.25, -0.2) is 0 Å². The molecular formula is H9NaO8S. The van der Waals surface area contributed by atoms with Gasteiger partial charge in [0.25, 0.3) is 0 Å². The molecule has 0 rings (SSSR count). The van der Waals surface area contributed by atoms with E-state index in [9.17, 15) is 0 Å². The number of hydrogen-bond acceptors (Lipinski definition) is 4. The number of hydrogen-bond donors (Lipinski definition) is 4. The normalized spacial score (nSPS) is 6.40. The van der Waals surface area contributed by atoms with Crippen molar-refractivity contribution in [1.82, 2.24) is 0 Å². The molecule has 0 aliphatic rings. The minimum absolute atomic E-state index is 0. The van der Waals surface area contributed by atoms with Crippen LogP contribution in [0.1, 0.15) is 0 Å². The summed E-state index contributed by atoms with van der Waals surface area (Å²) in [5.41, 5.74) is 0. The molecule has 0 aromatic rings. The van der Waals surface area contributed by atoms with E-state index in [1.54, 1.807) is 0 Å². The summed E-state index contributed by atoms with van der Waals surface area (Å²) >= 11 is 0. The first-order valence-electron chi connectivity index (χ1n) is 0.898. The Kier molecular flexibility index (Phi) is 50.7. The summed E-state index contributed by atoms with van der Waals surface area (Å²) in [6, 6.07) is 0. The molecule has 0 fully saturated rings. The van der Waals surface area contributed by atoms with E-state index in [1.165, 1.54) is 0 Å². The first kappa shape index (κ1) is 31.0. The van der Waals surface area contributed by atoms with E-state index >= 15 is 0 Å². The molecule has 0 aliphatic carbocycles. The van der Waals surface area contributed by atoms with Gasteiger partial charge in [0.2, 0.25) is 0 Å². The van der Waals surface area contributed by atoms with Crippen molar-refractivity contribution in [2.75, 3.05) is 0 Å². The van der Waals surface area contributed by atoms with Gasteiger partial charge >= 0.3 is 40.0 Å². The van der Waals surface area contributed by atoms with Crippen LogP contribution in [0.5, 0.6) is 0 Å². The molecule has 0 aromatic carbocycles. The summed E-state index contributed by atoms with van der Waals surface area (Å²) in [6.45, 7) is 0. The Hall–Kier alpha value is 0.710. The molecule has 8 N–H and O–H groups in total. The Morgan fingerprint density at radius 1 is 0.900 bits per heavy atom. The van der Waals surface area contributed by atoms with Crippen LogP contribution in [0.15, 0.2) is 0 Å². The van der Waals surface area contributed by atoms with Crippen LogP contribution < -0.4 is 0 Å². The van der Waals surface area contributed by atoms with Gasteiger partial charge in [-0.2, -0.15) is 8.42 Å². The zero-order valence-corrected chi connectivity index (χ0v) is 4.83. The van der Waals surface area contributed by atoms with Gasteiger partial charge in [-0.05, 0) is 0 Å². The first-order chi connectivity index (χ1) is 3.00. The van der Waals surface area contributed by atoms with Crippen LogP contribution in [-0.4, -0.2) is 68.5 Å². The average molecular weight is 192 g/mol. The molecule has 0 amide bonds. The van der Waals surface area contributed by atoms with E-state index in [1.807, 2.05) is 0 Å². The zero-order chi connectivity index (χ0) is 6.50. The monoisotopic (exact) mass is 192 g/mol. The molecule has 0 unspecified atom stereocenters. The third-order valence-electron chi connectivity index (χ3n) is 0. The summed E-state index contributed by atoms with van der Waals surface area (Å²) in [6.07, 6.45) is 0. The molecule has 10 heteroatoms. The number of rotatable bonds is 0. The van der Waals surface area contributed by atoms with Gasteiger partial charge in [-0.1, -0.05) is 0 Å². The Balaban J connectivity index is -0.0000000154. The van der Waals surface area contributed by atoms with Crippen LogP contribution in [0.3, 0.4) is 0 Å². The van der Waals surface area contributed by atoms with Gasteiger partial charge < -0.3 is 11.0 Å². The van der Waals surface area contributed by atoms with Crippen molar-refractivity contribution in [3.63, 3.8) is 0 Å². The van der Waals surface area contributed by atoms with E-state index in [-0.39, 0.29) is 40.5 Å². The molecular weight excluding hydrogens is 183 g/mol. The molecule has 0 atom stereocenters. The van der Waals surface area contributed by atoms with Crippen LogP contribution in [0.4, 0.5) is 0 Å².